The minimum atomic E-state index is -0.300. The minimum Gasteiger partial charge on any atom is -0.389 e. The summed E-state index contributed by atoms with van der Waals surface area (Å²) in [6.07, 6.45) is 8.98. The molecule has 0 aliphatic heterocycles. The second-order valence-corrected chi connectivity index (χ2v) is 3.63. The van der Waals surface area contributed by atoms with Crippen molar-refractivity contribution >= 4 is 0 Å². The molecule has 0 saturated heterocycles. The molecule has 0 bridgehead atoms. The fourth-order valence-corrected chi connectivity index (χ4v) is 1.33. The topological polar surface area (TPSA) is 29.5 Å². The second kappa shape index (κ2) is 9.22. The Morgan fingerprint density at radius 2 is 1.93 bits per heavy atom. The summed E-state index contributed by atoms with van der Waals surface area (Å²) in [5, 5.41) is 9.57. The Bertz CT molecular complexity index is 139. The van der Waals surface area contributed by atoms with Crippen LogP contribution < -0.4 is 0 Å². The first-order valence-corrected chi connectivity index (χ1v) is 5.63. The number of rotatable bonds is 8. The van der Waals surface area contributed by atoms with Crippen molar-refractivity contribution in [3.63, 3.8) is 0 Å². The molecule has 84 valence electrons. The van der Waals surface area contributed by atoms with E-state index in [1.165, 1.54) is 12.8 Å². The van der Waals surface area contributed by atoms with Gasteiger partial charge in [-0.3, -0.25) is 0 Å². The molecule has 2 atom stereocenters. The number of hydrogen-bond donors (Lipinski definition) is 1. The molecule has 0 heterocycles. The molecule has 2 heteroatoms. The zero-order chi connectivity index (χ0) is 10.8. The fourth-order valence-electron chi connectivity index (χ4n) is 1.33. The molecule has 0 amide bonds. The normalized spacial score (nSPS) is 16.0. The predicted molar refractivity (Wildman–Crippen MR) is 60.4 cm³/mol. The monoisotopic (exact) mass is 200 g/mol. The van der Waals surface area contributed by atoms with Crippen LogP contribution in [0.1, 0.15) is 46.0 Å². The van der Waals surface area contributed by atoms with Crippen LogP contribution in [0.4, 0.5) is 0 Å². The molecule has 14 heavy (non-hydrogen) atoms. The van der Waals surface area contributed by atoms with Gasteiger partial charge in [-0.05, 0) is 12.8 Å². The molecule has 0 aromatic carbocycles. The standard InChI is InChI=1S/C12H24O2/c1-4-6-7-8-11(13)9-10-12(5-2)14-3/h9-13H,4-8H2,1-3H3. The van der Waals surface area contributed by atoms with E-state index in [4.69, 9.17) is 4.74 Å². The molecule has 0 aromatic rings. The predicted octanol–water partition coefficient (Wildman–Crippen LogP) is 2.91. The first kappa shape index (κ1) is 13.7. The number of methoxy groups -OCH3 is 1. The summed E-state index contributed by atoms with van der Waals surface area (Å²) in [6, 6.07) is 0. The molecule has 0 spiro atoms. The van der Waals surface area contributed by atoms with Gasteiger partial charge in [0.15, 0.2) is 0 Å². The summed E-state index contributed by atoms with van der Waals surface area (Å²) in [5.74, 6) is 0. The lowest BCUT2D eigenvalue weighted by Gasteiger charge is -2.09. The van der Waals surface area contributed by atoms with Crippen LogP contribution in [0.25, 0.3) is 0 Å². The first-order chi connectivity index (χ1) is 6.74. The van der Waals surface area contributed by atoms with Gasteiger partial charge in [0.2, 0.25) is 0 Å². The van der Waals surface area contributed by atoms with Gasteiger partial charge in [-0.1, -0.05) is 45.3 Å². The lowest BCUT2D eigenvalue weighted by molar-refractivity contribution is 0.135. The Hall–Kier alpha value is -0.340. The quantitative estimate of drug-likeness (QED) is 0.482. The van der Waals surface area contributed by atoms with E-state index in [2.05, 4.69) is 13.8 Å². The van der Waals surface area contributed by atoms with Crippen molar-refractivity contribution in [2.75, 3.05) is 7.11 Å². The van der Waals surface area contributed by atoms with Gasteiger partial charge >= 0.3 is 0 Å². The number of hydrogen-bond acceptors (Lipinski definition) is 2. The number of aliphatic hydroxyl groups excluding tert-OH is 1. The zero-order valence-corrected chi connectivity index (χ0v) is 9.70. The number of unbranched alkanes of at least 4 members (excludes halogenated alkanes) is 2. The highest BCUT2D eigenvalue weighted by Crippen LogP contribution is 2.06. The van der Waals surface area contributed by atoms with E-state index in [1.54, 1.807) is 7.11 Å². The Kier molecular flexibility index (Phi) is 9.00. The summed E-state index contributed by atoms with van der Waals surface area (Å²) < 4.78 is 5.18. The summed E-state index contributed by atoms with van der Waals surface area (Å²) in [5.41, 5.74) is 0. The van der Waals surface area contributed by atoms with E-state index in [-0.39, 0.29) is 12.2 Å². The number of aliphatic hydroxyl groups is 1. The third-order valence-corrected chi connectivity index (χ3v) is 2.36. The van der Waals surface area contributed by atoms with Crippen LogP contribution in [0.5, 0.6) is 0 Å². The van der Waals surface area contributed by atoms with Crippen molar-refractivity contribution in [1.29, 1.82) is 0 Å². The second-order valence-electron chi connectivity index (χ2n) is 3.63. The maximum atomic E-state index is 9.57. The fraction of sp³-hybridized carbons (Fsp3) is 0.833. The van der Waals surface area contributed by atoms with Gasteiger partial charge in [-0.2, -0.15) is 0 Å². The average Bonchev–Trinajstić information content (AvgIpc) is 2.20. The molecular weight excluding hydrogens is 176 g/mol. The van der Waals surface area contributed by atoms with Gasteiger partial charge in [0.1, 0.15) is 0 Å². The molecule has 0 aliphatic rings. The lowest BCUT2D eigenvalue weighted by Crippen LogP contribution is -2.08. The third kappa shape index (κ3) is 7.10. The van der Waals surface area contributed by atoms with Gasteiger partial charge in [-0.15, -0.1) is 0 Å². The molecule has 0 radical (unpaired) electrons. The van der Waals surface area contributed by atoms with Crippen LogP contribution in [0.15, 0.2) is 12.2 Å². The van der Waals surface area contributed by atoms with Crippen LogP contribution >= 0.6 is 0 Å². The molecule has 0 aliphatic carbocycles. The molecule has 0 fully saturated rings. The van der Waals surface area contributed by atoms with Crippen molar-refractivity contribution in [2.45, 2.75) is 58.2 Å². The van der Waals surface area contributed by atoms with Crippen LogP contribution in [0, 0.1) is 0 Å². The van der Waals surface area contributed by atoms with Gasteiger partial charge < -0.3 is 9.84 Å². The van der Waals surface area contributed by atoms with E-state index in [1.807, 2.05) is 12.2 Å². The van der Waals surface area contributed by atoms with Crippen LogP contribution in [0.3, 0.4) is 0 Å². The van der Waals surface area contributed by atoms with Crippen molar-refractivity contribution in [3.8, 4) is 0 Å². The molecule has 0 rings (SSSR count). The molecular formula is C12H24O2. The van der Waals surface area contributed by atoms with Gasteiger partial charge in [-0.25, -0.2) is 0 Å². The van der Waals surface area contributed by atoms with Crippen molar-refractivity contribution in [1.82, 2.24) is 0 Å². The maximum Gasteiger partial charge on any atom is 0.0750 e. The van der Waals surface area contributed by atoms with Crippen molar-refractivity contribution < 1.29 is 9.84 Å². The minimum absolute atomic E-state index is 0.149. The average molecular weight is 200 g/mol. The van der Waals surface area contributed by atoms with E-state index < -0.39 is 0 Å². The summed E-state index contributed by atoms with van der Waals surface area (Å²) in [6.45, 7) is 4.24. The van der Waals surface area contributed by atoms with Crippen LogP contribution in [0.2, 0.25) is 0 Å². The largest absolute Gasteiger partial charge is 0.389 e. The van der Waals surface area contributed by atoms with Gasteiger partial charge in [0.25, 0.3) is 0 Å². The SMILES string of the molecule is CCCCCC(O)C=CC(CC)OC. The highest BCUT2D eigenvalue weighted by Gasteiger charge is 2.01. The highest BCUT2D eigenvalue weighted by molar-refractivity contribution is 4.93. The van der Waals surface area contributed by atoms with E-state index in [9.17, 15) is 5.11 Å². The van der Waals surface area contributed by atoms with E-state index >= 15 is 0 Å². The summed E-state index contributed by atoms with van der Waals surface area (Å²) in [4.78, 5) is 0. The zero-order valence-electron chi connectivity index (χ0n) is 9.70. The van der Waals surface area contributed by atoms with Gasteiger partial charge in [0.05, 0.1) is 12.2 Å². The molecule has 0 aromatic heterocycles. The molecule has 2 nitrogen and oxygen atoms in total. The van der Waals surface area contributed by atoms with Crippen molar-refractivity contribution in [3.05, 3.63) is 12.2 Å². The van der Waals surface area contributed by atoms with Crippen LogP contribution in [-0.4, -0.2) is 24.4 Å². The van der Waals surface area contributed by atoms with E-state index in [0.29, 0.717) is 0 Å². The Balaban J connectivity index is 3.62. The molecule has 2 unspecified atom stereocenters. The highest BCUT2D eigenvalue weighted by atomic mass is 16.5. The smallest absolute Gasteiger partial charge is 0.0750 e. The summed E-state index contributed by atoms with van der Waals surface area (Å²) >= 11 is 0. The van der Waals surface area contributed by atoms with Gasteiger partial charge in [0, 0.05) is 7.11 Å². The Morgan fingerprint density at radius 1 is 1.21 bits per heavy atom. The Labute approximate surface area is 88.0 Å². The number of ether oxygens (including phenoxy) is 1. The molecule has 1 N–H and O–H groups in total. The first-order valence-electron chi connectivity index (χ1n) is 5.63. The molecule has 0 saturated carbocycles. The van der Waals surface area contributed by atoms with Crippen molar-refractivity contribution in [2.24, 2.45) is 0 Å². The Morgan fingerprint density at radius 3 is 2.43 bits per heavy atom. The summed E-state index contributed by atoms with van der Waals surface area (Å²) in [7, 11) is 1.70. The van der Waals surface area contributed by atoms with E-state index in [0.717, 1.165) is 19.3 Å². The van der Waals surface area contributed by atoms with Crippen LogP contribution in [-0.2, 0) is 4.74 Å². The third-order valence-electron chi connectivity index (χ3n) is 2.36. The lowest BCUT2D eigenvalue weighted by atomic mass is 10.1. The maximum absolute atomic E-state index is 9.57.